The van der Waals surface area contributed by atoms with Crippen LogP contribution in [0.5, 0.6) is 5.75 Å². The monoisotopic (exact) mass is 478 g/mol. The van der Waals surface area contributed by atoms with E-state index in [2.05, 4.69) is 34.1 Å². The summed E-state index contributed by atoms with van der Waals surface area (Å²) in [6.07, 6.45) is 4.13. The van der Waals surface area contributed by atoms with Crippen LogP contribution >= 0.6 is 0 Å². The van der Waals surface area contributed by atoms with Gasteiger partial charge < -0.3 is 14.7 Å². The van der Waals surface area contributed by atoms with Gasteiger partial charge in [-0.15, -0.1) is 0 Å². The molecule has 3 aromatic rings. The van der Waals surface area contributed by atoms with Gasteiger partial charge in [-0.25, -0.2) is 4.39 Å². The number of pyridine rings is 1. The minimum Gasteiger partial charge on any atom is -0.497 e. The van der Waals surface area contributed by atoms with Gasteiger partial charge in [0.05, 0.1) is 18.0 Å². The molecule has 6 heteroatoms. The van der Waals surface area contributed by atoms with Gasteiger partial charge >= 0.3 is 5.97 Å². The third-order valence-electron chi connectivity index (χ3n) is 7.56. The number of carboxylic acids is 1. The summed E-state index contributed by atoms with van der Waals surface area (Å²) < 4.78 is 21.0. The van der Waals surface area contributed by atoms with Crippen LogP contribution < -0.4 is 4.74 Å². The molecular formula is C29H35FN2O3. The predicted octanol–water partition coefficient (Wildman–Crippen LogP) is 6.14. The Bertz CT molecular complexity index is 1140. The van der Waals surface area contributed by atoms with Gasteiger partial charge in [-0.05, 0) is 100.0 Å². The number of aryl methyl sites for hydroxylation is 2. The number of ether oxygens (including phenoxy) is 1. The van der Waals surface area contributed by atoms with Gasteiger partial charge in [0.25, 0.3) is 0 Å². The van der Waals surface area contributed by atoms with E-state index in [1.165, 1.54) is 5.56 Å². The highest BCUT2D eigenvalue weighted by atomic mass is 19.1. The van der Waals surface area contributed by atoms with Gasteiger partial charge in [0.2, 0.25) is 0 Å². The number of carbonyl (C=O) groups is 1. The molecule has 1 saturated heterocycles. The fourth-order valence-electron chi connectivity index (χ4n) is 5.31. The number of hydrogen-bond acceptors (Lipinski definition) is 4. The lowest BCUT2D eigenvalue weighted by atomic mass is 9.74. The Hall–Kier alpha value is -2.99. The number of rotatable bonds is 10. The molecule has 5 nitrogen and oxygen atoms in total. The second-order valence-electron chi connectivity index (χ2n) is 9.76. The minimum absolute atomic E-state index is 0.178. The first-order chi connectivity index (χ1) is 16.9. The summed E-state index contributed by atoms with van der Waals surface area (Å²) in [5.74, 6) is -0.147. The van der Waals surface area contributed by atoms with E-state index in [9.17, 15) is 9.90 Å². The van der Waals surface area contributed by atoms with Gasteiger partial charge in [-0.1, -0.05) is 30.3 Å². The summed E-state index contributed by atoms with van der Waals surface area (Å²) in [5.41, 5.74) is 2.54. The Labute approximate surface area is 206 Å². The molecule has 4 rings (SSSR count). The van der Waals surface area contributed by atoms with Crippen molar-refractivity contribution in [2.75, 3.05) is 26.7 Å². The highest BCUT2D eigenvalue weighted by Crippen LogP contribution is 2.41. The molecule has 0 spiro atoms. The number of hydrogen-bond donors (Lipinski definition) is 1. The van der Waals surface area contributed by atoms with Gasteiger partial charge in [0.1, 0.15) is 11.9 Å². The van der Waals surface area contributed by atoms with E-state index in [1.807, 2.05) is 31.2 Å². The molecule has 0 amide bonds. The quantitative estimate of drug-likeness (QED) is 0.379. The highest BCUT2D eigenvalue weighted by molar-refractivity contribution is 5.85. The second-order valence-corrected chi connectivity index (χ2v) is 9.76. The van der Waals surface area contributed by atoms with Crippen LogP contribution in [0.2, 0.25) is 0 Å². The lowest BCUT2D eigenvalue weighted by Gasteiger charge is -2.39. The van der Waals surface area contributed by atoms with Crippen LogP contribution in [-0.4, -0.2) is 47.7 Å². The zero-order valence-electron chi connectivity index (χ0n) is 20.7. The van der Waals surface area contributed by atoms with Crippen molar-refractivity contribution < 1.29 is 19.0 Å². The van der Waals surface area contributed by atoms with Crippen molar-refractivity contribution in [2.45, 2.75) is 51.6 Å². The number of alkyl halides is 1. The summed E-state index contributed by atoms with van der Waals surface area (Å²) in [5, 5.41) is 10.8. The largest absolute Gasteiger partial charge is 0.497 e. The Kier molecular flexibility index (Phi) is 8.01. The number of piperidine rings is 1. The van der Waals surface area contributed by atoms with Crippen LogP contribution in [0.1, 0.15) is 55.0 Å². The minimum atomic E-state index is -1.26. The zero-order valence-corrected chi connectivity index (χ0v) is 20.7. The van der Waals surface area contributed by atoms with Crippen molar-refractivity contribution in [3.63, 3.8) is 0 Å². The van der Waals surface area contributed by atoms with Crippen molar-refractivity contribution in [3.05, 3.63) is 71.4 Å². The number of aliphatic carboxylic acids is 1. The first kappa shape index (κ1) is 25.1. The van der Waals surface area contributed by atoms with E-state index >= 15 is 4.39 Å². The normalized spacial score (nSPS) is 16.8. The predicted molar refractivity (Wildman–Crippen MR) is 137 cm³/mol. The van der Waals surface area contributed by atoms with Crippen molar-refractivity contribution in [1.82, 2.24) is 9.88 Å². The van der Waals surface area contributed by atoms with Crippen molar-refractivity contribution in [3.8, 4) is 5.75 Å². The third kappa shape index (κ3) is 5.81. The lowest BCUT2D eigenvalue weighted by Crippen LogP contribution is -2.44. The fourth-order valence-corrected chi connectivity index (χ4v) is 5.31. The molecule has 0 bridgehead atoms. The summed E-state index contributed by atoms with van der Waals surface area (Å²) in [6, 6.07) is 15.9. The van der Waals surface area contributed by atoms with Crippen LogP contribution in [0.25, 0.3) is 10.9 Å². The van der Waals surface area contributed by atoms with E-state index < -0.39 is 17.6 Å². The Morgan fingerprint density at radius 1 is 1.20 bits per heavy atom. The topological polar surface area (TPSA) is 62.7 Å². The van der Waals surface area contributed by atoms with Crippen LogP contribution in [0, 0.1) is 12.3 Å². The number of fused-ring (bicyclic) bond motifs is 1. The fraction of sp³-hybridized carbons (Fsp3) is 0.448. The maximum atomic E-state index is 15.7. The maximum Gasteiger partial charge on any atom is 0.309 e. The summed E-state index contributed by atoms with van der Waals surface area (Å²) in [6.45, 7) is 4.30. The molecule has 1 N–H and O–H groups in total. The molecule has 0 radical (unpaired) electrons. The van der Waals surface area contributed by atoms with Crippen LogP contribution in [-0.2, 0) is 11.2 Å². The molecule has 0 aliphatic carbocycles. The molecular weight excluding hydrogens is 443 g/mol. The maximum absolute atomic E-state index is 15.7. The van der Waals surface area contributed by atoms with Gasteiger partial charge in [0.15, 0.2) is 0 Å². The average molecular weight is 479 g/mol. The standard InChI is InChI=1S/C29H35FN2O3/c1-21-20-31-26-11-10-23(35-2)19-24(26)27(21)25(30)12-13-29(28(33)34)14-17-32(18-15-29)16-6-9-22-7-4-3-5-8-22/h3-5,7-8,10-11,19-20,25H,6,9,12-18H2,1-2H3,(H,33,34). The number of carboxylic acid groups (broad SMARTS) is 1. The van der Waals surface area contributed by atoms with Crippen molar-refractivity contribution in [1.29, 1.82) is 0 Å². The molecule has 2 heterocycles. The summed E-state index contributed by atoms with van der Waals surface area (Å²) >= 11 is 0. The van der Waals surface area contributed by atoms with Gasteiger partial charge in [-0.2, -0.15) is 0 Å². The number of nitrogens with zero attached hydrogens (tertiary/aromatic N) is 2. The van der Waals surface area contributed by atoms with Crippen molar-refractivity contribution in [2.24, 2.45) is 5.41 Å². The SMILES string of the molecule is COc1ccc2ncc(C)c(C(F)CCC3(C(=O)O)CCN(CCCc4ccccc4)CC3)c2c1. The Balaban J connectivity index is 1.38. The smallest absolute Gasteiger partial charge is 0.309 e. The second kappa shape index (κ2) is 11.2. The lowest BCUT2D eigenvalue weighted by molar-refractivity contribution is -0.153. The molecule has 1 unspecified atom stereocenters. The molecule has 35 heavy (non-hydrogen) atoms. The molecule has 1 fully saturated rings. The molecule has 1 aliphatic heterocycles. The van der Waals surface area contributed by atoms with Crippen molar-refractivity contribution >= 4 is 16.9 Å². The molecule has 1 atom stereocenters. The third-order valence-corrected chi connectivity index (χ3v) is 7.56. The molecule has 2 aromatic carbocycles. The Morgan fingerprint density at radius 2 is 1.94 bits per heavy atom. The number of halogens is 1. The first-order valence-electron chi connectivity index (χ1n) is 12.5. The Morgan fingerprint density at radius 3 is 2.63 bits per heavy atom. The highest BCUT2D eigenvalue weighted by Gasteiger charge is 2.41. The average Bonchev–Trinajstić information content (AvgIpc) is 2.88. The van der Waals surface area contributed by atoms with E-state index in [0.717, 1.165) is 43.4 Å². The number of likely N-dealkylation sites (tertiary alicyclic amines) is 1. The van der Waals surface area contributed by atoms with Gasteiger partial charge in [0, 0.05) is 11.6 Å². The van der Waals surface area contributed by atoms with Crippen LogP contribution in [0.4, 0.5) is 4.39 Å². The van der Waals surface area contributed by atoms with E-state index in [-0.39, 0.29) is 6.42 Å². The number of methoxy groups -OCH3 is 1. The zero-order chi connectivity index (χ0) is 24.8. The summed E-state index contributed by atoms with van der Waals surface area (Å²) in [7, 11) is 1.58. The first-order valence-corrected chi connectivity index (χ1v) is 12.5. The van der Waals surface area contributed by atoms with Crippen LogP contribution in [0.15, 0.2) is 54.7 Å². The van der Waals surface area contributed by atoms with Crippen LogP contribution in [0.3, 0.4) is 0 Å². The van der Waals surface area contributed by atoms with E-state index in [1.54, 1.807) is 13.3 Å². The molecule has 1 aliphatic rings. The number of benzene rings is 2. The molecule has 1 aromatic heterocycles. The number of aromatic nitrogens is 1. The molecule has 0 saturated carbocycles. The summed E-state index contributed by atoms with van der Waals surface area (Å²) in [4.78, 5) is 19.1. The van der Waals surface area contributed by atoms with Gasteiger partial charge in [-0.3, -0.25) is 9.78 Å². The van der Waals surface area contributed by atoms with E-state index in [4.69, 9.17) is 4.74 Å². The van der Waals surface area contributed by atoms with E-state index in [0.29, 0.717) is 36.1 Å². The molecule has 186 valence electrons.